The number of carbonyl (C=O) groups is 1. The molecule has 0 saturated carbocycles. The molecular formula is C18H22F3N5O3S2. The Balaban J connectivity index is 1.58. The van der Waals surface area contributed by atoms with E-state index in [1.54, 1.807) is 0 Å². The Morgan fingerprint density at radius 3 is 2.26 bits per heavy atom. The van der Waals surface area contributed by atoms with E-state index < -0.39 is 27.9 Å². The van der Waals surface area contributed by atoms with E-state index in [0.29, 0.717) is 18.8 Å². The van der Waals surface area contributed by atoms with E-state index in [9.17, 15) is 26.4 Å². The van der Waals surface area contributed by atoms with Crippen LogP contribution in [0, 0.1) is 0 Å². The van der Waals surface area contributed by atoms with E-state index in [-0.39, 0.29) is 15.8 Å². The van der Waals surface area contributed by atoms with E-state index in [2.05, 4.69) is 15.5 Å². The molecule has 1 aromatic heterocycles. The SMILES string of the molecule is Cn1c(SCC(=O)Nc2ccc(S(=O)(=O)N3CCCCCC3)cc2)nnc1C(F)(F)F. The number of nitrogens with zero attached hydrogens (tertiary/aromatic N) is 4. The highest BCUT2D eigenvalue weighted by Crippen LogP contribution is 2.29. The van der Waals surface area contributed by atoms with Crippen LogP contribution in [0.15, 0.2) is 34.3 Å². The van der Waals surface area contributed by atoms with Crippen LogP contribution in [0.2, 0.25) is 0 Å². The van der Waals surface area contributed by atoms with Crippen molar-refractivity contribution in [2.24, 2.45) is 7.05 Å². The molecular weight excluding hydrogens is 455 g/mol. The molecule has 170 valence electrons. The molecule has 31 heavy (non-hydrogen) atoms. The molecule has 0 spiro atoms. The second-order valence-corrected chi connectivity index (χ2v) is 9.92. The van der Waals surface area contributed by atoms with Crippen molar-refractivity contribution < 1.29 is 26.4 Å². The number of rotatable bonds is 6. The van der Waals surface area contributed by atoms with Crippen molar-refractivity contribution >= 4 is 33.4 Å². The predicted octanol–water partition coefficient (Wildman–Crippen LogP) is 3.13. The van der Waals surface area contributed by atoms with E-state index in [1.165, 1.54) is 35.6 Å². The van der Waals surface area contributed by atoms with Crippen LogP contribution in [0.5, 0.6) is 0 Å². The molecule has 1 amide bonds. The van der Waals surface area contributed by atoms with Crippen LogP contribution in [0.4, 0.5) is 18.9 Å². The van der Waals surface area contributed by atoms with E-state index in [4.69, 9.17) is 0 Å². The molecule has 1 N–H and O–H groups in total. The van der Waals surface area contributed by atoms with E-state index in [0.717, 1.165) is 42.0 Å². The van der Waals surface area contributed by atoms with Gasteiger partial charge in [0.05, 0.1) is 10.6 Å². The molecule has 1 aromatic carbocycles. The lowest BCUT2D eigenvalue weighted by Crippen LogP contribution is -2.31. The normalized spacial score (nSPS) is 16.1. The molecule has 0 bridgehead atoms. The number of sulfonamides is 1. The third-order valence-electron chi connectivity index (χ3n) is 4.76. The molecule has 3 rings (SSSR count). The number of thioether (sulfide) groups is 1. The fourth-order valence-corrected chi connectivity index (χ4v) is 5.38. The zero-order valence-electron chi connectivity index (χ0n) is 16.7. The predicted molar refractivity (Wildman–Crippen MR) is 109 cm³/mol. The average Bonchev–Trinajstić information content (AvgIpc) is 2.90. The summed E-state index contributed by atoms with van der Waals surface area (Å²) in [5.41, 5.74) is 0.384. The monoisotopic (exact) mass is 477 g/mol. The highest BCUT2D eigenvalue weighted by Gasteiger charge is 2.37. The Kier molecular flexibility index (Phi) is 7.27. The summed E-state index contributed by atoms with van der Waals surface area (Å²) in [5.74, 6) is -1.79. The Morgan fingerprint density at radius 1 is 1.10 bits per heavy atom. The summed E-state index contributed by atoms with van der Waals surface area (Å²) < 4.78 is 66.1. The van der Waals surface area contributed by atoms with Gasteiger partial charge < -0.3 is 9.88 Å². The number of aromatic nitrogens is 3. The first-order valence-electron chi connectivity index (χ1n) is 9.58. The van der Waals surface area contributed by atoms with Crippen LogP contribution in [0.25, 0.3) is 0 Å². The number of hydrogen-bond donors (Lipinski definition) is 1. The van der Waals surface area contributed by atoms with Gasteiger partial charge in [-0.15, -0.1) is 10.2 Å². The molecule has 0 atom stereocenters. The van der Waals surface area contributed by atoms with Crippen LogP contribution in [0.1, 0.15) is 31.5 Å². The number of nitrogens with one attached hydrogen (secondary N) is 1. The molecule has 1 aliphatic heterocycles. The van der Waals surface area contributed by atoms with Gasteiger partial charge in [0.1, 0.15) is 0 Å². The number of amides is 1. The number of anilines is 1. The molecule has 0 radical (unpaired) electrons. The summed E-state index contributed by atoms with van der Waals surface area (Å²) in [6, 6.07) is 5.83. The lowest BCUT2D eigenvalue weighted by molar-refractivity contribution is -0.147. The van der Waals surface area contributed by atoms with Gasteiger partial charge in [0.25, 0.3) is 0 Å². The van der Waals surface area contributed by atoms with Gasteiger partial charge >= 0.3 is 6.18 Å². The Bertz CT molecular complexity index is 1020. The Labute approximate surface area is 182 Å². The molecule has 1 aliphatic rings. The van der Waals surface area contributed by atoms with Crippen molar-refractivity contribution in [2.45, 2.75) is 41.9 Å². The summed E-state index contributed by atoms with van der Waals surface area (Å²) >= 11 is 0.814. The van der Waals surface area contributed by atoms with Gasteiger partial charge in [0.15, 0.2) is 5.16 Å². The second kappa shape index (κ2) is 9.57. The van der Waals surface area contributed by atoms with Gasteiger partial charge in [0.2, 0.25) is 21.8 Å². The second-order valence-electron chi connectivity index (χ2n) is 7.04. The van der Waals surface area contributed by atoms with Gasteiger partial charge in [-0.2, -0.15) is 17.5 Å². The smallest absolute Gasteiger partial charge is 0.325 e. The van der Waals surface area contributed by atoms with Crippen molar-refractivity contribution in [3.05, 3.63) is 30.1 Å². The van der Waals surface area contributed by atoms with Crippen molar-refractivity contribution in [1.82, 2.24) is 19.1 Å². The standard InChI is InChI=1S/C18H22F3N5O3S2/c1-25-16(18(19,20)21)23-24-17(25)30-12-15(27)22-13-6-8-14(9-7-13)31(28,29)26-10-4-2-3-5-11-26/h6-9H,2-5,10-12H2,1H3,(H,22,27). The van der Waals surface area contributed by atoms with Crippen molar-refractivity contribution in [3.63, 3.8) is 0 Å². The quantitative estimate of drug-likeness (QED) is 0.642. The molecule has 2 aromatic rings. The molecule has 1 saturated heterocycles. The summed E-state index contributed by atoms with van der Waals surface area (Å²) in [6.45, 7) is 0.992. The number of halogens is 3. The first-order chi connectivity index (χ1) is 14.6. The van der Waals surface area contributed by atoms with Crippen LogP contribution >= 0.6 is 11.8 Å². The Morgan fingerprint density at radius 2 is 1.71 bits per heavy atom. The summed E-state index contributed by atoms with van der Waals surface area (Å²) in [5, 5.41) is 9.10. The highest BCUT2D eigenvalue weighted by molar-refractivity contribution is 7.99. The van der Waals surface area contributed by atoms with E-state index >= 15 is 0 Å². The fraction of sp³-hybridized carbons (Fsp3) is 0.500. The number of benzene rings is 1. The van der Waals surface area contributed by atoms with Crippen LogP contribution in [-0.4, -0.2) is 52.2 Å². The molecule has 0 unspecified atom stereocenters. The maximum absolute atomic E-state index is 12.8. The van der Waals surface area contributed by atoms with Crippen molar-refractivity contribution in [3.8, 4) is 0 Å². The van der Waals surface area contributed by atoms with Crippen LogP contribution in [0.3, 0.4) is 0 Å². The molecule has 0 aliphatic carbocycles. The van der Waals surface area contributed by atoms with Gasteiger partial charge in [0, 0.05) is 25.8 Å². The van der Waals surface area contributed by atoms with Crippen molar-refractivity contribution in [2.75, 3.05) is 24.2 Å². The first kappa shape index (κ1) is 23.5. The first-order valence-corrected chi connectivity index (χ1v) is 12.0. The molecule has 13 heteroatoms. The highest BCUT2D eigenvalue weighted by atomic mass is 32.2. The van der Waals surface area contributed by atoms with Gasteiger partial charge in [-0.05, 0) is 37.1 Å². The van der Waals surface area contributed by atoms with Gasteiger partial charge in [-0.1, -0.05) is 24.6 Å². The minimum atomic E-state index is -4.63. The molecule has 1 fully saturated rings. The topological polar surface area (TPSA) is 97.2 Å². The van der Waals surface area contributed by atoms with Gasteiger partial charge in [-0.25, -0.2) is 8.42 Å². The van der Waals surface area contributed by atoms with Crippen LogP contribution < -0.4 is 5.32 Å². The fourth-order valence-electron chi connectivity index (χ4n) is 3.16. The molecule has 8 nitrogen and oxygen atoms in total. The zero-order valence-corrected chi connectivity index (χ0v) is 18.4. The number of carbonyl (C=O) groups excluding carboxylic acids is 1. The maximum atomic E-state index is 12.8. The lowest BCUT2D eigenvalue weighted by Gasteiger charge is -2.20. The number of alkyl halides is 3. The van der Waals surface area contributed by atoms with Gasteiger partial charge in [-0.3, -0.25) is 4.79 Å². The van der Waals surface area contributed by atoms with Crippen LogP contribution in [-0.2, 0) is 28.0 Å². The minimum Gasteiger partial charge on any atom is -0.325 e. The minimum absolute atomic E-state index is 0.0404. The third-order valence-corrected chi connectivity index (χ3v) is 7.69. The summed E-state index contributed by atoms with van der Waals surface area (Å²) in [6.07, 6.45) is -0.929. The number of hydrogen-bond acceptors (Lipinski definition) is 6. The third kappa shape index (κ3) is 5.77. The lowest BCUT2D eigenvalue weighted by atomic mass is 10.2. The maximum Gasteiger partial charge on any atom is 0.451 e. The summed E-state index contributed by atoms with van der Waals surface area (Å²) in [7, 11) is -2.41. The largest absolute Gasteiger partial charge is 0.451 e. The zero-order chi connectivity index (χ0) is 22.6. The van der Waals surface area contributed by atoms with Crippen molar-refractivity contribution in [1.29, 1.82) is 0 Å². The molecule has 2 heterocycles. The summed E-state index contributed by atoms with van der Waals surface area (Å²) in [4.78, 5) is 12.3. The average molecular weight is 478 g/mol. The Hall–Kier alpha value is -2.12. The van der Waals surface area contributed by atoms with E-state index in [1.807, 2.05) is 0 Å².